The van der Waals surface area contributed by atoms with E-state index in [-0.39, 0.29) is 5.82 Å². The fraction of sp³-hybridized carbons (Fsp3) is 0.0526. The van der Waals surface area contributed by atoms with Crippen LogP contribution in [0.1, 0.15) is 5.56 Å². The second-order valence-electron chi connectivity index (χ2n) is 6.11. The van der Waals surface area contributed by atoms with E-state index in [1.165, 1.54) is 24.0 Å². The van der Waals surface area contributed by atoms with Crippen molar-refractivity contribution in [1.82, 2.24) is 15.0 Å². The molecule has 0 saturated carbocycles. The molecular formula is C19H15FN6. The summed E-state index contributed by atoms with van der Waals surface area (Å²) < 4.78 is 13.2. The zero-order valence-electron chi connectivity index (χ0n) is 13.7. The lowest BCUT2D eigenvalue weighted by molar-refractivity contribution is 0.628. The SMILES string of the molecule is Fc1ccc(Nc2ncnc3[nH]cc(N4Cc5ccccc5N4)c23)cc1. The second kappa shape index (κ2) is 5.73. The Bertz CT molecular complexity index is 1060. The van der Waals surface area contributed by atoms with Crippen molar-refractivity contribution in [3.8, 4) is 0 Å². The molecule has 0 radical (unpaired) electrons. The zero-order chi connectivity index (χ0) is 17.5. The third-order valence-corrected chi connectivity index (χ3v) is 4.45. The summed E-state index contributed by atoms with van der Waals surface area (Å²) in [6.07, 6.45) is 3.41. The molecule has 2 aromatic carbocycles. The van der Waals surface area contributed by atoms with Gasteiger partial charge in [-0.15, -0.1) is 0 Å². The number of para-hydroxylation sites is 1. The number of H-pyrrole nitrogens is 1. The van der Waals surface area contributed by atoms with Gasteiger partial charge in [0.1, 0.15) is 23.6 Å². The normalized spacial score (nSPS) is 12.9. The molecule has 128 valence electrons. The van der Waals surface area contributed by atoms with Crippen LogP contribution in [0.5, 0.6) is 0 Å². The predicted octanol–water partition coefficient (Wildman–Crippen LogP) is 4.19. The molecule has 0 unspecified atom stereocenters. The summed E-state index contributed by atoms with van der Waals surface area (Å²) in [4.78, 5) is 11.9. The minimum Gasteiger partial charge on any atom is -0.344 e. The van der Waals surface area contributed by atoms with Crippen molar-refractivity contribution in [2.24, 2.45) is 0 Å². The van der Waals surface area contributed by atoms with Crippen molar-refractivity contribution in [1.29, 1.82) is 0 Å². The van der Waals surface area contributed by atoms with Crippen LogP contribution in [0, 0.1) is 5.82 Å². The largest absolute Gasteiger partial charge is 0.344 e. The summed E-state index contributed by atoms with van der Waals surface area (Å²) >= 11 is 0. The van der Waals surface area contributed by atoms with Crippen LogP contribution in [0.15, 0.2) is 61.1 Å². The fourth-order valence-corrected chi connectivity index (χ4v) is 3.19. The van der Waals surface area contributed by atoms with E-state index < -0.39 is 0 Å². The highest BCUT2D eigenvalue weighted by Gasteiger charge is 2.22. The van der Waals surface area contributed by atoms with Gasteiger partial charge in [0.25, 0.3) is 0 Å². The third-order valence-electron chi connectivity index (χ3n) is 4.45. The number of rotatable bonds is 3. The van der Waals surface area contributed by atoms with Crippen molar-refractivity contribution >= 4 is 33.9 Å². The van der Waals surface area contributed by atoms with Gasteiger partial charge in [0.05, 0.1) is 23.3 Å². The Kier molecular flexibility index (Phi) is 3.24. The average molecular weight is 346 g/mol. The highest BCUT2D eigenvalue weighted by Crippen LogP contribution is 2.36. The molecule has 0 spiro atoms. The highest BCUT2D eigenvalue weighted by molar-refractivity contribution is 6.00. The number of benzene rings is 2. The summed E-state index contributed by atoms with van der Waals surface area (Å²) in [5.41, 5.74) is 8.17. The van der Waals surface area contributed by atoms with Crippen LogP contribution in [0.4, 0.5) is 27.3 Å². The van der Waals surface area contributed by atoms with Gasteiger partial charge in [-0.05, 0) is 35.9 Å². The molecule has 0 aliphatic carbocycles. The average Bonchev–Trinajstić information content (AvgIpc) is 3.27. The van der Waals surface area contributed by atoms with E-state index in [1.807, 2.05) is 18.3 Å². The number of fused-ring (bicyclic) bond motifs is 2. The number of hydrogen-bond donors (Lipinski definition) is 3. The quantitative estimate of drug-likeness (QED) is 0.519. The third kappa shape index (κ3) is 2.41. The van der Waals surface area contributed by atoms with Crippen LogP contribution >= 0.6 is 0 Å². The fourth-order valence-electron chi connectivity index (χ4n) is 3.19. The Balaban J connectivity index is 1.54. The van der Waals surface area contributed by atoms with Crippen molar-refractivity contribution < 1.29 is 4.39 Å². The summed E-state index contributed by atoms with van der Waals surface area (Å²) in [7, 11) is 0. The molecule has 1 aliphatic rings. The number of nitrogens with zero attached hydrogens (tertiary/aromatic N) is 3. The number of aromatic amines is 1. The molecule has 3 N–H and O–H groups in total. The van der Waals surface area contributed by atoms with Gasteiger partial charge in [0.2, 0.25) is 0 Å². The van der Waals surface area contributed by atoms with Gasteiger partial charge in [-0.2, -0.15) is 0 Å². The molecule has 26 heavy (non-hydrogen) atoms. The highest BCUT2D eigenvalue weighted by atomic mass is 19.1. The molecule has 0 amide bonds. The van der Waals surface area contributed by atoms with E-state index in [4.69, 9.17) is 0 Å². The summed E-state index contributed by atoms with van der Waals surface area (Å²) in [5.74, 6) is 0.389. The van der Waals surface area contributed by atoms with E-state index in [0.29, 0.717) is 5.82 Å². The molecule has 2 aromatic heterocycles. The Hall–Kier alpha value is -3.61. The minimum atomic E-state index is -0.273. The number of hydrogen-bond acceptors (Lipinski definition) is 5. The van der Waals surface area contributed by atoms with Crippen LogP contribution in [-0.4, -0.2) is 15.0 Å². The predicted molar refractivity (Wildman–Crippen MR) is 99.8 cm³/mol. The van der Waals surface area contributed by atoms with E-state index in [0.717, 1.165) is 34.6 Å². The molecule has 4 aromatic rings. The van der Waals surface area contributed by atoms with Gasteiger partial charge in [-0.25, -0.2) is 14.4 Å². The molecule has 0 saturated heterocycles. The van der Waals surface area contributed by atoms with Crippen LogP contribution in [0.2, 0.25) is 0 Å². The first-order valence-electron chi connectivity index (χ1n) is 8.25. The number of anilines is 4. The maximum atomic E-state index is 13.2. The van der Waals surface area contributed by atoms with Gasteiger partial charge in [-0.3, -0.25) is 10.4 Å². The molecule has 1 aliphatic heterocycles. The number of nitrogens with one attached hydrogen (secondary N) is 3. The Morgan fingerprint density at radius 3 is 2.73 bits per heavy atom. The van der Waals surface area contributed by atoms with Crippen LogP contribution in [-0.2, 0) is 6.54 Å². The lowest BCUT2D eigenvalue weighted by Crippen LogP contribution is -2.22. The molecule has 7 heteroatoms. The number of hydrazine groups is 1. The van der Waals surface area contributed by atoms with Gasteiger partial charge < -0.3 is 10.3 Å². The maximum absolute atomic E-state index is 13.2. The second-order valence-corrected chi connectivity index (χ2v) is 6.11. The molecule has 5 rings (SSSR count). The van der Waals surface area contributed by atoms with Gasteiger partial charge in [0.15, 0.2) is 0 Å². The molecule has 0 atom stereocenters. The Morgan fingerprint density at radius 1 is 1.04 bits per heavy atom. The van der Waals surface area contributed by atoms with Crippen molar-refractivity contribution in [3.63, 3.8) is 0 Å². The molecule has 0 fully saturated rings. The topological polar surface area (TPSA) is 68.9 Å². The lowest BCUT2D eigenvalue weighted by Gasteiger charge is -2.18. The van der Waals surface area contributed by atoms with E-state index in [2.05, 4.69) is 42.8 Å². The summed E-state index contributed by atoms with van der Waals surface area (Å²) in [6, 6.07) is 14.4. The Labute approximate surface area is 148 Å². The van der Waals surface area contributed by atoms with Gasteiger partial charge in [0, 0.05) is 11.9 Å². The van der Waals surface area contributed by atoms with Crippen LogP contribution in [0.3, 0.4) is 0 Å². The molecule has 6 nitrogen and oxygen atoms in total. The minimum absolute atomic E-state index is 0.273. The summed E-state index contributed by atoms with van der Waals surface area (Å²) in [6.45, 7) is 0.744. The van der Waals surface area contributed by atoms with Crippen LogP contribution < -0.4 is 15.8 Å². The maximum Gasteiger partial charge on any atom is 0.145 e. The van der Waals surface area contributed by atoms with E-state index in [9.17, 15) is 4.39 Å². The van der Waals surface area contributed by atoms with E-state index in [1.54, 1.807) is 12.1 Å². The van der Waals surface area contributed by atoms with Crippen molar-refractivity contribution in [3.05, 3.63) is 72.4 Å². The molecule has 3 heterocycles. The molecule has 0 bridgehead atoms. The lowest BCUT2D eigenvalue weighted by atomic mass is 10.2. The summed E-state index contributed by atoms with van der Waals surface area (Å²) in [5, 5.41) is 6.18. The smallest absolute Gasteiger partial charge is 0.145 e. The van der Waals surface area contributed by atoms with Crippen molar-refractivity contribution in [2.75, 3.05) is 15.8 Å². The number of aromatic nitrogens is 3. The zero-order valence-corrected chi connectivity index (χ0v) is 13.7. The number of halogens is 1. The first-order valence-corrected chi connectivity index (χ1v) is 8.25. The first-order chi connectivity index (χ1) is 12.8. The van der Waals surface area contributed by atoms with Crippen LogP contribution in [0.25, 0.3) is 11.0 Å². The monoisotopic (exact) mass is 346 g/mol. The van der Waals surface area contributed by atoms with Gasteiger partial charge >= 0.3 is 0 Å². The van der Waals surface area contributed by atoms with E-state index >= 15 is 0 Å². The van der Waals surface area contributed by atoms with Crippen molar-refractivity contribution in [2.45, 2.75) is 6.54 Å². The van der Waals surface area contributed by atoms with Gasteiger partial charge in [-0.1, -0.05) is 18.2 Å². The Morgan fingerprint density at radius 2 is 1.88 bits per heavy atom. The first kappa shape index (κ1) is 14.7. The molecular weight excluding hydrogens is 331 g/mol. The standard InChI is InChI=1S/C19H15FN6/c20-13-5-7-14(8-6-13)24-19-17-16(9-21-18(17)22-11-23-19)26-10-12-3-1-2-4-15(12)25-26/h1-9,11,25H,10H2,(H2,21,22,23,24).